The van der Waals surface area contributed by atoms with Gasteiger partial charge in [-0.25, -0.2) is 4.39 Å². The Morgan fingerprint density at radius 1 is 1.08 bits per heavy atom. The van der Waals surface area contributed by atoms with Crippen LogP contribution in [0.1, 0.15) is 36.8 Å². The number of likely N-dealkylation sites (N-methyl/N-ethyl adjacent to an activating group) is 1. The quantitative estimate of drug-likeness (QED) is 0.640. The molecule has 2 nitrogen and oxygen atoms in total. The predicted octanol–water partition coefficient (Wildman–Crippen LogP) is 4.95. The molecule has 1 saturated carbocycles. The molecule has 136 valence electrons. The van der Waals surface area contributed by atoms with Crippen LogP contribution < -0.4 is 0 Å². The van der Waals surface area contributed by atoms with E-state index < -0.39 is 0 Å². The summed E-state index contributed by atoms with van der Waals surface area (Å²) in [5.41, 5.74) is 1.60. The van der Waals surface area contributed by atoms with Crippen molar-refractivity contribution in [2.75, 3.05) is 20.1 Å². The number of hydrogen-bond acceptors (Lipinski definition) is 2. The van der Waals surface area contributed by atoms with Gasteiger partial charge >= 0.3 is 0 Å². The highest BCUT2D eigenvalue weighted by Gasteiger charge is 2.46. The molecule has 0 aliphatic heterocycles. The van der Waals surface area contributed by atoms with Crippen LogP contribution in [-0.2, 0) is 11.8 Å². The van der Waals surface area contributed by atoms with Crippen molar-refractivity contribution >= 4 is 0 Å². The van der Waals surface area contributed by atoms with Crippen LogP contribution in [0.2, 0.25) is 0 Å². The van der Waals surface area contributed by atoms with Crippen LogP contribution in [0.25, 0.3) is 0 Å². The van der Waals surface area contributed by atoms with Gasteiger partial charge in [0.15, 0.2) is 0 Å². The molecule has 2 aromatic carbocycles. The molecule has 26 heavy (non-hydrogen) atoms. The van der Waals surface area contributed by atoms with Crippen molar-refractivity contribution < 1.29 is 4.39 Å². The van der Waals surface area contributed by atoms with E-state index in [1.165, 1.54) is 11.6 Å². The van der Waals surface area contributed by atoms with E-state index in [9.17, 15) is 9.65 Å². The Hall–Kier alpha value is -2.18. The van der Waals surface area contributed by atoms with Gasteiger partial charge in [-0.1, -0.05) is 48.5 Å². The summed E-state index contributed by atoms with van der Waals surface area (Å²) < 4.78 is 13.7. The molecule has 3 rings (SSSR count). The summed E-state index contributed by atoms with van der Waals surface area (Å²) in [6.45, 7) is 1.76. The Labute approximate surface area is 156 Å². The maximum absolute atomic E-state index is 13.7. The lowest BCUT2D eigenvalue weighted by molar-refractivity contribution is 0.307. The van der Waals surface area contributed by atoms with E-state index in [4.69, 9.17) is 0 Å². The van der Waals surface area contributed by atoms with E-state index in [1.54, 1.807) is 6.07 Å². The lowest BCUT2D eigenvalue weighted by Crippen LogP contribution is -2.29. The summed E-state index contributed by atoms with van der Waals surface area (Å²) in [7, 11) is 2.08. The lowest BCUT2D eigenvalue weighted by Gasteiger charge is -2.28. The summed E-state index contributed by atoms with van der Waals surface area (Å²) in [4.78, 5) is 2.24. The molecule has 0 amide bonds. The minimum atomic E-state index is -0.340. The molecule has 0 heterocycles. The first-order chi connectivity index (χ1) is 12.7. The zero-order valence-electron chi connectivity index (χ0n) is 15.5. The van der Waals surface area contributed by atoms with Gasteiger partial charge in [0, 0.05) is 6.54 Å². The highest BCUT2D eigenvalue weighted by molar-refractivity contribution is 5.35. The van der Waals surface area contributed by atoms with E-state index in [0.29, 0.717) is 12.3 Å². The number of nitriles is 1. The van der Waals surface area contributed by atoms with Crippen LogP contribution >= 0.6 is 0 Å². The number of halogens is 1. The first kappa shape index (κ1) is 18.6. The van der Waals surface area contributed by atoms with Gasteiger partial charge < -0.3 is 4.90 Å². The molecule has 0 aromatic heterocycles. The van der Waals surface area contributed by atoms with Gasteiger partial charge in [-0.15, -0.1) is 0 Å². The first-order valence-corrected chi connectivity index (χ1v) is 9.54. The standard InChI is InChI=1S/C23H27FN2/c1-26(17-14-19-8-5-6-11-22(19)24)16-7-15-23(18-25,21-12-13-21)20-9-3-2-4-10-20/h2-6,8-11,21H,7,12-17H2,1H3. The lowest BCUT2D eigenvalue weighted by atomic mass is 9.74. The Balaban J connectivity index is 1.54. The van der Waals surface area contributed by atoms with Crippen molar-refractivity contribution in [1.82, 2.24) is 4.90 Å². The fourth-order valence-electron chi connectivity index (χ4n) is 3.86. The van der Waals surface area contributed by atoms with Crippen LogP contribution in [0.15, 0.2) is 54.6 Å². The molecule has 0 saturated heterocycles. The zero-order valence-corrected chi connectivity index (χ0v) is 15.5. The molecule has 1 aliphatic carbocycles. The maximum Gasteiger partial charge on any atom is 0.126 e. The fourth-order valence-corrected chi connectivity index (χ4v) is 3.86. The molecule has 0 N–H and O–H groups in total. The van der Waals surface area contributed by atoms with Crippen LogP contribution in [0.3, 0.4) is 0 Å². The van der Waals surface area contributed by atoms with Crippen molar-refractivity contribution in [3.8, 4) is 6.07 Å². The maximum atomic E-state index is 13.7. The number of rotatable bonds is 9. The van der Waals surface area contributed by atoms with Crippen molar-refractivity contribution in [3.63, 3.8) is 0 Å². The summed E-state index contributed by atoms with van der Waals surface area (Å²) in [6, 6.07) is 19.9. The molecule has 1 fully saturated rings. The van der Waals surface area contributed by atoms with Gasteiger partial charge in [-0.2, -0.15) is 5.26 Å². The second-order valence-electron chi connectivity index (χ2n) is 7.47. The second kappa shape index (κ2) is 8.47. The average molecular weight is 350 g/mol. The summed E-state index contributed by atoms with van der Waals surface area (Å²) >= 11 is 0. The van der Waals surface area contributed by atoms with Crippen LogP contribution in [-0.4, -0.2) is 25.0 Å². The molecule has 0 bridgehead atoms. The molecular formula is C23H27FN2. The van der Waals surface area contributed by atoms with Gasteiger partial charge in [0.05, 0.1) is 11.5 Å². The molecule has 3 heteroatoms. The minimum absolute atomic E-state index is 0.123. The number of nitrogens with zero attached hydrogens (tertiary/aromatic N) is 2. The SMILES string of the molecule is CN(CCCC(C#N)(c1ccccc1)C1CC1)CCc1ccccc1F. The van der Waals surface area contributed by atoms with Crippen molar-refractivity contribution in [1.29, 1.82) is 5.26 Å². The second-order valence-corrected chi connectivity index (χ2v) is 7.47. The predicted molar refractivity (Wildman–Crippen MR) is 103 cm³/mol. The molecule has 1 aliphatic rings. The summed E-state index contributed by atoms with van der Waals surface area (Å²) in [5.74, 6) is 0.376. The zero-order chi connectivity index (χ0) is 18.4. The topological polar surface area (TPSA) is 27.0 Å². The normalized spacial score (nSPS) is 16.2. The van der Waals surface area contributed by atoms with Gasteiger partial charge in [-0.3, -0.25) is 0 Å². The molecule has 1 atom stereocenters. The molecule has 0 radical (unpaired) electrons. The third kappa shape index (κ3) is 4.31. The fraction of sp³-hybridized carbons (Fsp3) is 0.435. The van der Waals surface area contributed by atoms with Crippen LogP contribution in [0, 0.1) is 23.1 Å². The van der Waals surface area contributed by atoms with Gasteiger partial charge in [0.25, 0.3) is 0 Å². The third-order valence-electron chi connectivity index (χ3n) is 5.59. The third-order valence-corrected chi connectivity index (χ3v) is 5.59. The number of benzene rings is 2. The van der Waals surface area contributed by atoms with E-state index >= 15 is 0 Å². The monoisotopic (exact) mass is 350 g/mol. The van der Waals surface area contributed by atoms with E-state index in [1.807, 2.05) is 30.3 Å². The summed E-state index contributed by atoms with van der Waals surface area (Å²) in [6.07, 6.45) is 4.90. The molecular weight excluding hydrogens is 323 g/mol. The molecule has 0 spiro atoms. The van der Waals surface area contributed by atoms with Gasteiger partial charge in [0.2, 0.25) is 0 Å². The van der Waals surface area contributed by atoms with E-state index in [2.05, 4.69) is 30.1 Å². The Kier molecular flexibility index (Phi) is 6.06. The smallest absolute Gasteiger partial charge is 0.126 e. The van der Waals surface area contributed by atoms with E-state index in [0.717, 1.165) is 44.3 Å². The highest BCUT2D eigenvalue weighted by atomic mass is 19.1. The number of hydrogen-bond donors (Lipinski definition) is 0. The molecule has 2 aromatic rings. The molecule has 1 unspecified atom stereocenters. The highest BCUT2D eigenvalue weighted by Crippen LogP contribution is 2.49. The Bertz CT molecular complexity index is 748. The Morgan fingerprint density at radius 3 is 2.42 bits per heavy atom. The first-order valence-electron chi connectivity index (χ1n) is 9.54. The van der Waals surface area contributed by atoms with E-state index in [-0.39, 0.29) is 11.2 Å². The van der Waals surface area contributed by atoms with Crippen molar-refractivity contribution in [2.45, 2.75) is 37.5 Å². The van der Waals surface area contributed by atoms with Gasteiger partial charge in [0.1, 0.15) is 5.82 Å². The van der Waals surface area contributed by atoms with Crippen molar-refractivity contribution in [3.05, 3.63) is 71.5 Å². The minimum Gasteiger partial charge on any atom is -0.306 e. The average Bonchev–Trinajstić information content (AvgIpc) is 3.51. The summed E-state index contributed by atoms with van der Waals surface area (Å²) in [5, 5.41) is 9.98. The van der Waals surface area contributed by atoms with Crippen LogP contribution in [0.4, 0.5) is 4.39 Å². The van der Waals surface area contributed by atoms with Gasteiger partial charge in [-0.05, 0) is 68.8 Å². The largest absolute Gasteiger partial charge is 0.306 e. The van der Waals surface area contributed by atoms with Crippen molar-refractivity contribution in [2.24, 2.45) is 5.92 Å². The van der Waals surface area contributed by atoms with Crippen LogP contribution in [0.5, 0.6) is 0 Å². The Morgan fingerprint density at radius 2 is 1.77 bits per heavy atom.